The Morgan fingerprint density at radius 1 is 1.55 bits per heavy atom. The average molecular weight is 151 g/mol. The van der Waals surface area contributed by atoms with Crippen molar-refractivity contribution in [2.75, 3.05) is 7.05 Å². The molecule has 0 spiro atoms. The first-order chi connectivity index (χ1) is 5.22. The highest BCUT2D eigenvalue weighted by Crippen LogP contribution is 2.10. The van der Waals surface area contributed by atoms with Crippen molar-refractivity contribution < 1.29 is 0 Å². The Balaban J connectivity index is 2.86. The molecule has 0 aromatic carbocycles. The number of hydrazine groups is 1. The van der Waals surface area contributed by atoms with Crippen molar-refractivity contribution >= 4 is 0 Å². The third kappa shape index (κ3) is 1.85. The number of nitrogens with two attached hydrogens (primary N) is 2. The summed E-state index contributed by atoms with van der Waals surface area (Å²) in [7, 11) is 1.78. The summed E-state index contributed by atoms with van der Waals surface area (Å²) < 4.78 is 0. The smallest absolute Gasteiger partial charge is 0.0706 e. The maximum absolute atomic E-state index is 5.70. The van der Waals surface area contributed by atoms with Gasteiger partial charge in [0, 0.05) is 7.05 Å². The van der Waals surface area contributed by atoms with Gasteiger partial charge in [-0.05, 0) is 12.5 Å². The van der Waals surface area contributed by atoms with Gasteiger partial charge in [0.2, 0.25) is 0 Å². The van der Waals surface area contributed by atoms with E-state index in [1.54, 1.807) is 7.05 Å². The van der Waals surface area contributed by atoms with Crippen molar-refractivity contribution in [1.82, 2.24) is 5.01 Å². The second kappa shape index (κ2) is 3.25. The largest absolute Gasteiger partial charge is 0.397 e. The standard InChI is InChI=1S/C8H13N3/c1-11(10)8-6-4-2-3-5-7(8)9/h2-3,5-6H,4,9-10H2,1H3. The minimum Gasteiger partial charge on any atom is -0.397 e. The van der Waals surface area contributed by atoms with Crippen LogP contribution in [0, 0.1) is 0 Å². The maximum atomic E-state index is 5.70. The Hall–Kier alpha value is -1.22. The van der Waals surface area contributed by atoms with E-state index in [0.717, 1.165) is 12.1 Å². The molecule has 0 saturated heterocycles. The van der Waals surface area contributed by atoms with E-state index < -0.39 is 0 Å². The molecule has 0 fully saturated rings. The summed E-state index contributed by atoms with van der Waals surface area (Å²) in [4.78, 5) is 0. The van der Waals surface area contributed by atoms with Crippen molar-refractivity contribution in [1.29, 1.82) is 0 Å². The number of allylic oxidation sites excluding steroid dienone is 4. The van der Waals surface area contributed by atoms with Crippen LogP contribution in [0.2, 0.25) is 0 Å². The topological polar surface area (TPSA) is 55.3 Å². The summed E-state index contributed by atoms with van der Waals surface area (Å²) in [6, 6.07) is 0. The molecule has 1 aliphatic carbocycles. The predicted octanol–water partition coefficient (Wildman–Crippen LogP) is 0.478. The molecule has 60 valence electrons. The fourth-order valence-corrected chi connectivity index (χ4v) is 0.981. The molecule has 0 aromatic rings. The van der Waals surface area contributed by atoms with Gasteiger partial charge in [-0.1, -0.05) is 18.2 Å². The Bertz CT molecular complexity index is 223. The van der Waals surface area contributed by atoms with Gasteiger partial charge in [-0.15, -0.1) is 0 Å². The molecule has 0 radical (unpaired) electrons. The molecule has 0 amide bonds. The highest BCUT2D eigenvalue weighted by Gasteiger charge is 2.03. The molecule has 1 aliphatic rings. The van der Waals surface area contributed by atoms with Crippen LogP contribution in [0.3, 0.4) is 0 Å². The first kappa shape index (κ1) is 7.88. The molecule has 0 aliphatic heterocycles. The lowest BCUT2D eigenvalue weighted by Crippen LogP contribution is -2.28. The quantitative estimate of drug-likeness (QED) is 0.423. The summed E-state index contributed by atoms with van der Waals surface area (Å²) in [5, 5.41) is 1.53. The number of nitrogens with zero attached hydrogens (tertiary/aromatic N) is 1. The Morgan fingerprint density at radius 3 is 2.91 bits per heavy atom. The lowest BCUT2D eigenvalue weighted by molar-refractivity contribution is 0.446. The van der Waals surface area contributed by atoms with Crippen molar-refractivity contribution in [2.45, 2.75) is 6.42 Å². The van der Waals surface area contributed by atoms with Crippen molar-refractivity contribution in [3.8, 4) is 0 Å². The van der Waals surface area contributed by atoms with Crippen LogP contribution in [-0.2, 0) is 0 Å². The van der Waals surface area contributed by atoms with Crippen LogP contribution in [-0.4, -0.2) is 12.1 Å². The third-order valence-electron chi connectivity index (χ3n) is 1.53. The van der Waals surface area contributed by atoms with E-state index in [0.29, 0.717) is 5.70 Å². The van der Waals surface area contributed by atoms with Crippen molar-refractivity contribution in [3.63, 3.8) is 0 Å². The molecule has 0 bridgehead atoms. The minimum atomic E-state index is 0.712. The molecular weight excluding hydrogens is 138 g/mol. The van der Waals surface area contributed by atoms with Gasteiger partial charge < -0.3 is 10.7 Å². The summed E-state index contributed by atoms with van der Waals surface area (Å²) in [5.74, 6) is 5.54. The Labute approximate surface area is 66.6 Å². The molecule has 4 N–H and O–H groups in total. The highest BCUT2D eigenvalue weighted by molar-refractivity contribution is 5.32. The Kier molecular flexibility index (Phi) is 2.33. The van der Waals surface area contributed by atoms with Crippen LogP contribution in [0.1, 0.15) is 6.42 Å². The lowest BCUT2D eigenvalue weighted by atomic mass is 10.3. The molecule has 3 nitrogen and oxygen atoms in total. The van der Waals surface area contributed by atoms with E-state index in [-0.39, 0.29) is 0 Å². The van der Waals surface area contributed by atoms with Gasteiger partial charge >= 0.3 is 0 Å². The van der Waals surface area contributed by atoms with E-state index in [1.807, 2.05) is 24.3 Å². The van der Waals surface area contributed by atoms with E-state index in [4.69, 9.17) is 11.6 Å². The second-order valence-electron chi connectivity index (χ2n) is 2.49. The highest BCUT2D eigenvalue weighted by atomic mass is 15.4. The SMILES string of the molecule is CN(N)C1=CCC=CC=C1N. The van der Waals surface area contributed by atoms with Crippen LogP contribution in [0.4, 0.5) is 0 Å². The minimum absolute atomic E-state index is 0.712. The molecule has 0 unspecified atom stereocenters. The Morgan fingerprint density at radius 2 is 2.27 bits per heavy atom. The zero-order chi connectivity index (χ0) is 8.27. The molecule has 1 rings (SSSR count). The molecule has 11 heavy (non-hydrogen) atoms. The zero-order valence-corrected chi connectivity index (χ0v) is 6.62. The van der Waals surface area contributed by atoms with Gasteiger partial charge in [-0.2, -0.15) is 0 Å². The number of hydrogen-bond donors (Lipinski definition) is 2. The van der Waals surface area contributed by atoms with E-state index in [9.17, 15) is 0 Å². The van der Waals surface area contributed by atoms with E-state index in [2.05, 4.69) is 0 Å². The van der Waals surface area contributed by atoms with Crippen LogP contribution in [0.25, 0.3) is 0 Å². The molecular formula is C8H13N3. The number of rotatable bonds is 1. The number of hydrogen-bond acceptors (Lipinski definition) is 3. The van der Waals surface area contributed by atoms with Gasteiger partial charge in [0.1, 0.15) is 0 Å². The monoisotopic (exact) mass is 151 g/mol. The van der Waals surface area contributed by atoms with Gasteiger partial charge in [-0.3, -0.25) is 0 Å². The van der Waals surface area contributed by atoms with Crippen molar-refractivity contribution in [3.05, 3.63) is 35.7 Å². The van der Waals surface area contributed by atoms with Crippen LogP contribution >= 0.6 is 0 Å². The fourth-order valence-electron chi connectivity index (χ4n) is 0.981. The first-order valence-corrected chi connectivity index (χ1v) is 3.53. The molecule has 0 heterocycles. The molecule has 0 saturated carbocycles. The van der Waals surface area contributed by atoms with Crippen LogP contribution in [0.5, 0.6) is 0 Å². The predicted molar refractivity (Wildman–Crippen MR) is 46.1 cm³/mol. The third-order valence-corrected chi connectivity index (χ3v) is 1.53. The maximum Gasteiger partial charge on any atom is 0.0706 e. The summed E-state index contributed by atoms with van der Waals surface area (Å²) in [5.41, 5.74) is 7.30. The summed E-state index contributed by atoms with van der Waals surface area (Å²) in [6.07, 6.45) is 8.69. The zero-order valence-electron chi connectivity index (χ0n) is 6.62. The molecule has 0 atom stereocenters. The number of likely N-dealkylation sites (N-methyl/N-ethyl adjacent to an activating group) is 1. The second-order valence-corrected chi connectivity index (χ2v) is 2.49. The van der Waals surface area contributed by atoms with Crippen molar-refractivity contribution in [2.24, 2.45) is 11.6 Å². The lowest BCUT2D eigenvalue weighted by Gasteiger charge is -2.15. The summed E-state index contributed by atoms with van der Waals surface area (Å²) in [6.45, 7) is 0. The van der Waals surface area contributed by atoms with Crippen LogP contribution in [0.15, 0.2) is 35.7 Å². The van der Waals surface area contributed by atoms with E-state index in [1.165, 1.54) is 5.01 Å². The summed E-state index contributed by atoms with van der Waals surface area (Å²) >= 11 is 0. The first-order valence-electron chi connectivity index (χ1n) is 3.53. The van der Waals surface area contributed by atoms with Gasteiger partial charge in [-0.25, -0.2) is 5.84 Å². The normalized spacial score (nSPS) is 16.9. The van der Waals surface area contributed by atoms with E-state index >= 15 is 0 Å². The van der Waals surface area contributed by atoms with Crippen LogP contribution < -0.4 is 11.6 Å². The van der Waals surface area contributed by atoms with Gasteiger partial charge in [0.05, 0.1) is 11.4 Å². The average Bonchev–Trinajstić information content (AvgIpc) is 2.13. The van der Waals surface area contributed by atoms with Gasteiger partial charge in [0.15, 0.2) is 0 Å². The van der Waals surface area contributed by atoms with Gasteiger partial charge in [0.25, 0.3) is 0 Å². The molecule has 3 heteroatoms. The molecule has 0 aromatic heterocycles. The fraction of sp³-hybridized carbons (Fsp3) is 0.250.